The van der Waals surface area contributed by atoms with Crippen LogP contribution in [0.3, 0.4) is 0 Å². The molecule has 11 nitrogen and oxygen atoms in total. The molecule has 3 unspecified atom stereocenters. The number of esters is 3. The number of hydrogen-bond acceptors (Lipinski definition) is 10. The molecule has 0 spiro atoms. The molecule has 0 rings (SSSR count). The molecular formula is C68H109O11P. The van der Waals surface area contributed by atoms with Gasteiger partial charge in [-0.3, -0.25) is 23.4 Å². The number of allylic oxidation sites excluding steroid dienone is 24. The van der Waals surface area contributed by atoms with Gasteiger partial charge in [0.15, 0.2) is 6.10 Å². The van der Waals surface area contributed by atoms with Crippen molar-refractivity contribution in [2.45, 2.75) is 238 Å². The summed E-state index contributed by atoms with van der Waals surface area (Å²) in [5, 5.41) is 9.85. The van der Waals surface area contributed by atoms with Crippen LogP contribution in [0, 0.1) is 0 Å². The molecule has 452 valence electrons. The third-order valence-corrected chi connectivity index (χ3v) is 13.2. The highest BCUT2D eigenvalue weighted by Crippen LogP contribution is 2.43. The second-order valence-electron chi connectivity index (χ2n) is 19.7. The summed E-state index contributed by atoms with van der Waals surface area (Å²) in [6.07, 6.45) is 78.0. The predicted molar refractivity (Wildman–Crippen MR) is 334 cm³/mol. The van der Waals surface area contributed by atoms with Gasteiger partial charge >= 0.3 is 25.7 Å². The van der Waals surface area contributed by atoms with Crippen molar-refractivity contribution in [2.75, 3.05) is 26.4 Å². The van der Waals surface area contributed by atoms with Crippen molar-refractivity contribution in [3.8, 4) is 0 Å². The minimum absolute atomic E-state index is 0.130. The van der Waals surface area contributed by atoms with Crippen molar-refractivity contribution in [3.05, 3.63) is 146 Å². The molecule has 0 aliphatic rings. The number of rotatable bonds is 55. The molecule has 0 aliphatic heterocycles. The fourth-order valence-corrected chi connectivity index (χ4v) is 8.47. The maximum absolute atomic E-state index is 12.9. The van der Waals surface area contributed by atoms with Crippen LogP contribution in [-0.4, -0.2) is 66.5 Å². The van der Waals surface area contributed by atoms with Crippen LogP contribution >= 0.6 is 7.82 Å². The molecule has 0 radical (unpaired) electrons. The minimum atomic E-state index is -4.78. The Morgan fingerprint density at radius 3 is 0.975 bits per heavy atom. The van der Waals surface area contributed by atoms with Crippen LogP contribution in [0.5, 0.6) is 0 Å². The van der Waals surface area contributed by atoms with Gasteiger partial charge in [0.1, 0.15) is 12.7 Å². The number of carbonyl (C=O) groups is 3. The van der Waals surface area contributed by atoms with Crippen LogP contribution < -0.4 is 0 Å². The first kappa shape index (κ1) is 75.4. The summed E-state index contributed by atoms with van der Waals surface area (Å²) < 4.78 is 39.6. The number of aliphatic hydroxyl groups excluding tert-OH is 1. The third-order valence-electron chi connectivity index (χ3n) is 12.2. The highest BCUT2D eigenvalue weighted by atomic mass is 31.2. The highest BCUT2D eigenvalue weighted by Gasteiger charge is 2.28. The van der Waals surface area contributed by atoms with E-state index in [9.17, 15) is 28.9 Å². The standard InChI is InChI=1S/C68H109O11P/c1-4-7-10-13-16-19-22-25-28-31-32-35-38-41-44-47-50-53-56-59-68(72)79-65(61-75-66(70)57-54-51-48-45-42-39-36-33-29-26-23-20-17-14-11-8-5-2)63-77-80(73,74)76-62-64(60-69)78-67(71)58-55-52-49-46-43-40-37-34-30-27-24-21-18-15-12-9-6-3/h7-12,16-21,25-30,32,35-36,39,45,48,64-65,69H,4-6,13-15,22-24,31,33-34,37-38,40-44,46-47,49-63H2,1-3H3,(H,73,74)/b10-7-,11-8-,12-9-,19-16-,20-17-,21-18-,28-25-,29-26-,30-27-,35-32-,39-36-,48-45-. The molecule has 0 fully saturated rings. The van der Waals surface area contributed by atoms with Gasteiger partial charge in [0.25, 0.3) is 0 Å². The second kappa shape index (κ2) is 60.5. The van der Waals surface area contributed by atoms with E-state index >= 15 is 0 Å². The van der Waals surface area contributed by atoms with E-state index in [4.69, 9.17) is 23.3 Å². The van der Waals surface area contributed by atoms with Crippen LogP contribution in [0.25, 0.3) is 0 Å². The van der Waals surface area contributed by atoms with Crippen molar-refractivity contribution in [1.29, 1.82) is 0 Å². The van der Waals surface area contributed by atoms with E-state index in [0.717, 1.165) is 154 Å². The van der Waals surface area contributed by atoms with E-state index in [2.05, 4.69) is 161 Å². The minimum Gasteiger partial charge on any atom is -0.462 e. The largest absolute Gasteiger partial charge is 0.472 e. The van der Waals surface area contributed by atoms with Crippen molar-refractivity contribution in [2.24, 2.45) is 0 Å². The van der Waals surface area contributed by atoms with E-state index in [-0.39, 0.29) is 25.9 Å². The molecule has 2 N–H and O–H groups in total. The summed E-state index contributed by atoms with van der Waals surface area (Å²) in [5.41, 5.74) is 0. The molecule has 0 aromatic carbocycles. The second-order valence-corrected chi connectivity index (χ2v) is 21.2. The number of phosphoric acid groups is 1. The molecule has 12 heteroatoms. The summed E-state index contributed by atoms with van der Waals surface area (Å²) in [7, 11) is -4.78. The van der Waals surface area contributed by atoms with Crippen LogP contribution in [-0.2, 0) is 42.2 Å². The van der Waals surface area contributed by atoms with Crippen LogP contribution in [0.1, 0.15) is 226 Å². The molecule has 80 heavy (non-hydrogen) atoms. The van der Waals surface area contributed by atoms with E-state index < -0.39 is 57.8 Å². The number of carbonyl (C=O) groups excluding carboxylic acids is 3. The molecule has 0 aliphatic carbocycles. The lowest BCUT2D eigenvalue weighted by Crippen LogP contribution is -2.30. The lowest BCUT2D eigenvalue weighted by Gasteiger charge is -2.21. The van der Waals surface area contributed by atoms with Gasteiger partial charge in [-0.25, -0.2) is 4.57 Å². The molecule has 0 amide bonds. The summed E-state index contributed by atoms with van der Waals surface area (Å²) in [5.74, 6) is -1.58. The Labute approximate surface area is 486 Å². The first-order valence-corrected chi connectivity index (χ1v) is 32.2. The maximum atomic E-state index is 12.9. The SMILES string of the molecule is CC/C=C\C/C=C\C/C=C\C/C=C\C/C=C\CCCC(=O)OCC(COP(=O)(O)OCC(CO)OC(=O)CCCCCCCCC/C=C\C/C=C\C/C=C\CC)OC(=O)CCCCCCCC/C=C\C/C=C\C/C=C\C/C=C\CC. The van der Waals surface area contributed by atoms with Gasteiger partial charge in [0, 0.05) is 19.3 Å². The van der Waals surface area contributed by atoms with Crippen LogP contribution in [0.2, 0.25) is 0 Å². The smallest absolute Gasteiger partial charge is 0.462 e. The van der Waals surface area contributed by atoms with E-state index in [1.54, 1.807) is 0 Å². The Balaban J connectivity index is 4.84. The van der Waals surface area contributed by atoms with E-state index in [0.29, 0.717) is 25.7 Å². The molecule has 3 atom stereocenters. The average Bonchev–Trinajstić information content (AvgIpc) is 3.45. The van der Waals surface area contributed by atoms with Crippen molar-refractivity contribution in [3.63, 3.8) is 0 Å². The van der Waals surface area contributed by atoms with E-state index in [1.807, 2.05) is 6.08 Å². The maximum Gasteiger partial charge on any atom is 0.472 e. The van der Waals surface area contributed by atoms with Gasteiger partial charge in [-0.1, -0.05) is 224 Å². The first-order chi connectivity index (χ1) is 39.2. The van der Waals surface area contributed by atoms with Gasteiger partial charge in [0.2, 0.25) is 0 Å². The third kappa shape index (κ3) is 58.0. The number of aliphatic hydroxyl groups is 1. The predicted octanol–water partition coefficient (Wildman–Crippen LogP) is 18.7. The number of phosphoric ester groups is 1. The Kier molecular flexibility index (Phi) is 56.9. The average molecular weight is 1130 g/mol. The molecule has 0 heterocycles. The Morgan fingerprint density at radius 2 is 0.625 bits per heavy atom. The molecule has 0 bridgehead atoms. The molecule has 0 aromatic rings. The van der Waals surface area contributed by atoms with Gasteiger partial charge in [-0.15, -0.1) is 0 Å². The van der Waals surface area contributed by atoms with Gasteiger partial charge in [0.05, 0.1) is 19.8 Å². The normalized spacial score (nSPS) is 14.3. The Bertz CT molecular complexity index is 1900. The van der Waals surface area contributed by atoms with Crippen LogP contribution in [0.4, 0.5) is 0 Å². The number of hydrogen-bond donors (Lipinski definition) is 2. The Morgan fingerprint density at radius 1 is 0.350 bits per heavy atom. The first-order valence-electron chi connectivity index (χ1n) is 30.7. The summed E-state index contributed by atoms with van der Waals surface area (Å²) >= 11 is 0. The fourth-order valence-electron chi connectivity index (χ4n) is 7.69. The fraction of sp³-hybridized carbons (Fsp3) is 0.603. The van der Waals surface area contributed by atoms with E-state index in [1.165, 1.54) is 6.42 Å². The van der Waals surface area contributed by atoms with Crippen molar-refractivity contribution >= 4 is 25.7 Å². The van der Waals surface area contributed by atoms with Gasteiger partial charge < -0.3 is 24.2 Å². The summed E-state index contributed by atoms with van der Waals surface area (Å²) in [4.78, 5) is 48.7. The molecule has 0 aromatic heterocycles. The topological polar surface area (TPSA) is 155 Å². The zero-order chi connectivity index (χ0) is 58.3. The monoisotopic (exact) mass is 1130 g/mol. The number of ether oxygens (including phenoxy) is 3. The van der Waals surface area contributed by atoms with Gasteiger partial charge in [-0.2, -0.15) is 0 Å². The number of unbranched alkanes of at least 4 members (excludes halogenated alkanes) is 14. The lowest BCUT2D eigenvalue weighted by molar-refractivity contribution is -0.161. The highest BCUT2D eigenvalue weighted by molar-refractivity contribution is 7.47. The van der Waals surface area contributed by atoms with Gasteiger partial charge in [-0.05, 0) is 128 Å². The van der Waals surface area contributed by atoms with Crippen molar-refractivity contribution in [1.82, 2.24) is 0 Å². The quantitative estimate of drug-likeness (QED) is 0.0197. The Hall–Kier alpha value is -4.64. The van der Waals surface area contributed by atoms with Crippen LogP contribution in [0.15, 0.2) is 146 Å². The molecule has 0 saturated heterocycles. The summed E-state index contributed by atoms with van der Waals surface area (Å²) in [6.45, 7) is 4.21. The molecule has 0 saturated carbocycles. The zero-order valence-corrected chi connectivity index (χ0v) is 50.9. The molecular weight excluding hydrogens is 1020 g/mol. The lowest BCUT2D eigenvalue weighted by atomic mass is 10.1. The van der Waals surface area contributed by atoms with Crippen molar-refractivity contribution < 1.29 is 52.2 Å². The summed E-state index contributed by atoms with van der Waals surface area (Å²) in [6, 6.07) is 0. The zero-order valence-electron chi connectivity index (χ0n) is 50.0.